The van der Waals surface area contributed by atoms with Crippen LogP contribution in [-0.2, 0) is 9.59 Å². The van der Waals surface area contributed by atoms with Crippen molar-refractivity contribution in [3.05, 3.63) is 101 Å². The van der Waals surface area contributed by atoms with Crippen LogP contribution in [0.2, 0.25) is 5.02 Å². The number of halogens is 1. The van der Waals surface area contributed by atoms with Crippen LogP contribution in [0.15, 0.2) is 84.6 Å². The molecule has 2 heterocycles. The summed E-state index contributed by atoms with van der Waals surface area (Å²) in [4.78, 5) is 31.3. The van der Waals surface area contributed by atoms with Gasteiger partial charge in [0.2, 0.25) is 0 Å². The molecule has 28 heavy (non-hydrogen) atoms. The molecule has 1 saturated heterocycles. The number of rotatable bonds is 3. The molecular formula is C22H15ClN2O3. The normalized spacial score (nSPS) is 18.5. The molecule has 1 aliphatic heterocycles. The topological polar surface area (TPSA) is 70.5 Å². The van der Waals surface area contributed by atoms with Gasteiger partial charge >= 0.3 is 5.91 Å². The number of carbonyl (C=O) groups excluding carboxylic acids is 2. The smallest absolute Gasteiger partial charge is 0.301 e. The first-order chi connectivity index (χ1) is 13.6. The molecule has 138 valence electrons. The maximum Gasteiger partial charge on any atom is 0.301 e. The van der Waals surface area contributed by atoms with E-state index in [9.17, 15) is 14.7 Å². The summed E-state index contributed by atoms with van der Waals surface area (Å²) in [6.45, 7) is 0. The lowest BCUT2D eigenvalue weighted by Gasteiger charge is -2.24. The molecule has 4 rings (SSSR count). The highest BCUT2D eigenvalue weighted by molar-refractivity contribution is 6.51. The van der Waals surface area contributed by atoms with E-state index in [4.69, 9.17) is 11.6 Å². The third-order valence-electron chi connectivity index (χ3n) is 4.57. The maximum absolute atomic E-state index is 12.9. The molecule has 1 aromatic heterocycles. The molecule has 0 radical (unpaired) electrons. The van der Waals surface area contributed by atoms with Gasteiger partial charge in [0.1, 0.15) is 11.6 Å². The van der Waals surface area contributed by atoms with Crippen molar-refractivity contribution in [1.82, 2.24) is 4.98 Å². The van der Waals surface area contributed by atoms with Gasteiger partial charge in [-0.1, -0.05) is 48.0 Å². The Kier molecular flexibility index (Phi) is 4.67. The Morgan fingerprint density at radius 2 is 1.61 bits per heavy atom. The lowest BCUT2D eigenvalue weighted by atomic mass is 9.95. The molecule has 1 aliphatic rings. The molecule has 0 aliphatic carbocycles. The van der Waals surface area contributed by atoms with Gasteiger partial charge in [-0.15, -0.1) is 0 Å². The Labute approximate surface area is 166 Å². The molecule has 0 bridgehead atoms. The molecule has 1 amide bonds. The van der Waals surface area contributed by atoms with E-state index >= 15 is 0 Å². The Balaban J connectivity index is 1.94. The largest absolute Gasteiger partial charge is 0.507 e. The van der Waals surface area contributed by atoms with Crippen molar-refractivity contribution in [2.45, 2.75) is 6.04 Å². The zero-order valence-corrected chi connectivity index (χ0v) is 15.4. The van der Waals surface area contributed by atoms with E-state index in [1.165, 1.54) is 4.90 Å². The second-order valence-corrected chi connectivity index (χ2v) is 6.71. The van der Waals surface area contributed by atoms with E-state index in [-0.39, 0.29) is 11.3 Å². The number of Topliss-reactive ketones (excluding diaryl/α,β-unsaturated/α-hetero) is 1. The average Bonchev–Trinajstić information content (AvgIpc) is 3.00. The molecule has 1 fully saturated rings. The number of aliphatic hydroxyl groups is 1. The zero-order chi connectivity index (χ0) is 19.7. The Hall–Kier alpha value is -3.44. The number of aromatic nitrogens is 1. The molecule has 0 unspecified atom stereocenters. The predicted octanol–water partition coefficient (Wildman–Crippen LogP) is 4.36. The van der Waals surface area contributed by atoms with Crippen molar-refractivity contribution in [2.75, 3.05) is 4.90 Å². The molecule has 1 N–H and O–H groups in total. The van der Waals surface area contributed by atoms with E-state index in [1.807, 2.05) is 30.3 Å². The van der Waals surface area contributed by atoms with E-state index in [1.54, 1.807) is 48.7 Å². The van der Waals surface area contributed by atoms with Crippen LogP contribution in [0, 0.1) is 0 Å². The number of amides is 1. The minimum Gasteiger partial charge on any atom is -0.507 e. The van der Waals surface area contributed by atoms with Gasteiger partial charge in [-0.25, -0.2) is 4.98 Å². The van der Waals surface area contributed by atoms with Gasteiger partial charge in [0.25, 0.3) is 5.78 Å². The Morgan fingerprint density at radius 3 is 2.25 bits per heavy atom. The third-order valence-corrected chi connectivity index (χ3v) is 4.83. The molecule has 2 aromatic carbocycles. The number of hydrogen-bond acceptors (Lipinski definition) is 4. The second kappa shape index (κ2) is 7.29. The lowest BCUT2D eigenvalue weighted by molar-refractivity contribution is -0.132. The van der Waals surface area contributed by atoms with Crippen LogP contribution in [0.5, 0.6) is 0 Å². The maximum atomic E-state index is 12.9. The van der Waals surface area contributed by atoms with Crippen molar-refractivity contribution < 1.29 is 14.7 Å². The van der Waals surface area contributed by atoms with Gasteiger partial charge in [-0.2, -0.15) is 0 Å². The van der Waals surface area contributed by atoms with Gasteiger partial charge < -0.3 is 5.11 Å². The minimum atomic E-state index is -0.785. The molecule has 3 aromatic rings. The highest BCUT2D eigenvalue weighted by Gasteiger charge is 2.47. The summed E-state index contributed by atoms with van der Waals surface area (Å²) in [5, 5.41) is 11.4. The number of benzene rings is 2. The lowest BCUT2D eigenvalue weighted by Crippen LogP contribution is -2.30. The fourth-order valence-corrected chi connectivity index (χ4v) is 3.41. The summed E-state index contributed by atoms with van der Waals surface area (Å²) in [7, 11) is 0. The molecule has 0 spiro atoms. The first-order valence-electron chi connectivity index (χ1n) is 8.61. The number of aliphatic hydroxyl groups excluding tert-OH is 1. The molecular weight excluding hydrogens is 376 g/mol. The molecule has 6 heteroatoms. The van der Waals surface area contributed by atoms with E-state index < -0.39 is 17.7 Å². The van der Waals surface area contributed by atoms with Gasteiger partial charge in [0.15, 0.2) is 0 Å². The number of carbonyl (C=O) groups is 2. The summed E-state index contributed by atoms with van der Waals surface area (Å²) in [5.41, 5.74) is 1.12. The molecule has 0 saturated carbocycles. The van der Waals surface area contributed by atoms with Crippen LogP contribution < -0.4 is 4.90 Å². The standard InChI is InChI=1S/C22H15ClN2O3/c23-16-11-9-15(10-12-16)20(26)18-19(14-6-2-1-3-7-14)25(22(28)21(18)27)17-8-4-5-13-24-17/h1-13,19,26H/b20-18+/t19-/m0/s1. The van der Waals surface area contributed by atoms with Gasteiger partial charge in [-0.3, -0.25) is 14.5 Å². The number of hydrogen-bond donors (Lipinski definition) is 1. The quantitative estimate of drug-likeness (QED) is 0.410. The Bertz CT molecular complexity index is 1060. The summed E-state index contributed by atoms with van der Waals surface area (Å²) in [6.07, 6.45) is 1.55. The fraction of sp³-hybridized carbons (Fsp3) is 0.0455. The average molecular weight is 391 g/mol. The Morgan fingerprint density at radius 1 is 0.929 bits per heavy atom. The second-order valence-electron chi connectivity index (χ2n) is 6.27. The number of nitrogens with zero attached hydrogens (tertiary/aromatic N) is 2. The van der Waals surface area contributed by atoms with Crippen molar-refractivity contribution in [2.24, 2.45) is 0 Å². The monoisotopic (exact) mass is 390 g/mol. The van der Waals surface area contributed by atoms with Gasteiger partial charge in [0.05, 0.1) is 11.6 Å². The minimum absolute atomic E-state index is 0.0178. The first kappa shape index (κ1) is 17.9. The van der Waals surface area contributed by atoms with Crippen molar-refractivity contribution >= 4 is 34.9 Å². The highest BCUT2D eigenvalue weighted by Crippen LogP contribution is 2.41. The van der Waals surface area contributed by atoms with Crippen LogP contribution >= 0.6 is 11.6 Å². The van der Waals surface area contributed by atoms with E-state index in [0.717, 1.165) is 0 Å². The highest BCUT2D eigenvalue weighted by atomic mass is 35.5. The summed E-state index contributed by atoms with van der Waals surface area (Å²) in [6, 6.07) is 19.9. The number of anilines is 1. The van der Waals surface area contributed by atoms with Gasteiger partial charge in [-0.05, 0) is 42.0 Å². The summed E-state index contributed by atoms with van der Waals surface area (Å²) < 4.78 is 0. The number of ketones is 1. The zero-order valence-electron chi connectivity index (χ0n) is 14.6. The SMILES string of the molecule is O=C1C(=O)N(c2ccccn2)[C@@H](c2ccccc2)/C1=C(\O)c1ccc(Cl)cc1. The van der Waals surface area contributed by atoms with Crippen LogP contribution in [0.4, 0.5) is 5.82 Å². The van der Waals surface area contributed by atoms with Crippen molar-refractivity contribution in [3.8, 4) is 0 Å². The molecule has 1 atom stereocenters. The first-order valence-corrected chi connectivity index (χ1v) is 8.98. The summed E-state index contributed by atoms with van der Waals surface area (Å²) >= 11 is 5.92. The fourth-order valence-electron chi connectivity index (χ4n) is 3.28. The van der Waals surface area contributed by atoms with E-state index in [0.29, 0.717) is 22.0 Å². The van der Waals surface area contributed by atoms with Crippen LogP contribution in [0.25, 0.3) is 5.76 Å². The van der Waals surface area contributed by atoms with Crippen LogP contribution in [-0.4, -0.2) is 21.8 Å². The van der Waals surface area contributed by atoms with Gasteiger partial charge in [0, 0.05) is 16.8 Å². The van der Waals surface area contributed by atoms with E-state index in [2.05, 4.69) is 4.98 Å². The number of pyridine rings is 1. The van der Waals surface area contributed by atoms with Crippen LogP contribution in [0.1, 0.15) is 17.2 Å². The summed E-state index contributed by atoms with van der Waals surface area (Å²) in [5.74, 6) is -1.40. The van der Waals surface area contributed by atoms with Crippen molar-refractivity contribution in [3.63, 3.8) is 0 Å². The van der Waals surface area contributed by atoms with Crippen molar-refractivity contribution in [1.29, 1.82) is 0 Å². The predicted molar refractivity (Wildman–Crippen MR) is 107 cm³/mol. The third kappa shape index (κ3) is 3.06. The molecule has 5 nitrogen and oxygen atoms in total. The van der Waals surface area contributed by atoms with Crippen LogP contribution in [0.3, 0.4) is 0 Å².